The smallest absolute Gasteiger partial charge is 0.259 e. The van der Waals surface area contributed by atoms with E-state index in [1.807, 2.05) is 13.2 Å². The van der Waals surface area contributed by atoms with Crippen molar-refractivity contribution in [3.8, 4) is 0 Å². The first-order valence-corrected chi connectivity index (χ1v) is 11.9. The number of fused-ring (bicyclic) bond motifs is 3. The third kappa shape index (κ3) is 3.39. The highest BCUT2D eigenvalue weighted by molar-refractivity contribution is 8.03. The van der Waals surface area contributed by atoms with Gasteiger partial charge in [-0.1, -0.05) is 41.8 Å². The van der Waals surface area contributed by atoms with Crippen molar-refractivity contribution in [1.82, 2.24) is 20.2 Å². The molecular weight excluding hydrogens is 392 g/mol. The molecule has 5 nitrogen and oxygen atoms in total. The summed E-state index contributed by atoms with van der Waals surface area (Å²) < 4.78 is 1.85. The Morgan fingerprint density at radius 1 is 1.28 bits per heavy atom. The first-order valence-electron chi connectivity index (χ1n) is 8.13. The number of nitrogens with one attached hydrogen (secondary N) is 1. The summed E-state index contributed by atoms with van der Waals surface area (Å²) in [5.41, 5.74) is 1.23. The number of nitrogens with zero attached hydrogens (tertiary/aromatic N) is 3. The first-order chi connectivity index (χ1) is 12.0. The molecule has 0 unspecified atom stereocenters. The number of hydrogen-bond acceptors (Lipinski definition) is 8. The Balaban J connectivity index is 1.67. The van der Waals surface area contributed by atoms with Crippen LogP contribution < -0.4 is 5.56 Å². The molecule has 0 radical (unpaired) electrons. The second kappa shape index (κ2) is 7.02. The molecule has 25 heavy (non-hydrogen) atoms. The Labute approximate surface area is 162 Å². The zero-order valence-corrected chi connectivity index (χ0v) is 17.4. The van der Waals surface area contributed by atoms with Crippen LogP contribution in [0, 0.1) is 5.92 Å². The molecule has 0 fully saturated rings. The van der Waals surface area contributed by atoms with Crippen LogP contribution in [0.25, 0.3) is 10.2 Å². The van der Waals surface area contributed by atoms with Gasteiger partial charge in [0.15, 0.2) is 8.68 Å². The Hall–Kier alpha value is -0.900. The van der Waals surface area contributed by atoms with E-state index < -0.39 is 0 Å². The van der Waals surface area contributed by atoms with Crippen LogP contribution in [0.4, 0.5) is 0 Å². The van der Waals surface area contributed by atoms with Crippen molar-refractivity contribution in [1.29, 1.82) is 0 Å². The number of aryl methyl sites for hydroxylation is 1. The van der Waals surface area contributed by atoms with Gasteiger partial charge in [-0.2, -0.15) is 0 Å². The molecule has 3 aromatic heterocycles. The van der Waals surface area contributed by atoms with Crippen molar-refractivity contribution in [2.75, 3.05) is 6.26 Å². The summed E-state index contributed by atoms with van der Waals surface area (Å²) in [7, 11) is 0. The molecule has 0 saturated carbocycles. The van der Waals surface area contributed by atoms with E-state index in [4.69, 9.17) is 4.98 Å². The van der Waals surface area contributed by atoms with Crippen LogP contribution in [0.2, 0.25) is 0 Å². The quantitative estimate of drug-likeness (QED) is 0.637. The van der Waals surface area contributed by atoms with E-state index in [1.165, 1.54) is 10.4 Å². The van der Waals surface area contributed by atoms with E-state index in [-0.39, 0.29) is 10.8 Å². The van der Waals surface area contributed by atoms with Gasteiger partial charge in [-0.25, -0.2) is 4.98 Å². The average molecular weight is 411 g/mol. The van der Waals surface area contributed by atoms with Gasteiger partial charge in [-0.15, -0.1) is 21.5 Å². The van der Waals surface area contributed by atoms with Crippen molar-refractivity contribution in [2.45, 2.75) is 47.0 Å². The van der Waals surface area contributed by atoms with E-state index >= 15 is 0 Å². The summed E-state index contributed by atoms with van der Waals surface area (Å²) in [5.74, 6) is 1.41. The van der Waals surface area contributed by atoms with Crippen molar-refractivity contribution in [3.63, 3.8) is 0 Å². The minimum absolute atomic E-state index is 0.00145. The van der Waals surface area contributed by atoms with E-state index in [0.29, 0.717) is 5.92 Å². The lowest BCUT2D eigenvalue weighted by Gasteiger charge is -2.17. The predicted molar refractivity (Wildman–Crippen MR) is 107 cm³/mol. The number of thiophene rings is 1. The molecule has 0 aliphatic heterocycles. The zero-order chi connectivity index (χ0) is 17.6. The van der Waals surface area contributed by atoms with Gasteiger partial charge in [-0.05, 0) is 43.9 Å². The fourth-order valence-corrected chi connectivity index (χ4v) is 7.12. The number of aromatic amines is 1. The van der Waals surface area contributed by atoms with Gasteiger partial charge in [0.1, 0.15) is 10.7 Å². The lowest BCUT2D eigenvalue weighted by Crippen LogP contribution is -2.15. The fourth-order valence-electron chi connectivity index (χ4n) is 3.09. The molecule has 1 aliphatic rings. The highest BCUT2D eigenvalue weighted by Gasteiger charge is 2.24. The van der Waals surface area contributed by atoms with E-state index in [9.17, 15) is 4.79 Å². The topological polar surface area (TPSA) is 71.5 Å². The molecule has 3 heterocycles. The van der Waals surface area contributed by atoms with Crippen molar-refractivity contribution in [3.05, 3.63) is 26.6 Å². The van der Waals surface area contributed by atoms with Gasteiger partial charge in [0.05, 0.1) is 10.6 Å². The third-order valence-electron chi connectivity index (χ3n) is 4.41. The summed E-state index contributed by atoms with van der Waals surface area (Å²) in [4.78, 5) is 22.7. The van der Waals surface area contributed by atoms with Crippen LogP contribution in [0.3, 0.4) is 0 Å². The molecule has 0 aromatic carbocycles. The van der Waals surface area contributed by atoms with Gasteiger partial charge in [0.2, 0.25) is 0 Å². The minimum Gasteiger partial charge on any atom is -0.309 e. The van der Waals surface area contributed by atoms with Crippen LogP contribution in [0.1, 0.15) is 41.8 Å². The van der Waals surface area contributed by atoms with Crippen LogP contribution in [-0.4, -0.2) is 26.4 Å². The molecule has 0 bridgehead atoms. The number of H-pyrrole nitrogens is 1. The van der Waals surface area contributed by atoms with Gasteiger partial charge < -0.3 is 4.98 Å². The maximum absolute atomic E-state index is 12.7. The summed E-state index contributed by atoms with van der Waals surface area (Å²) >= 11 is 6.45. The van der Waals surface area contributed by atoms with Gasteiger partial charge >= 0.3 is 0 Å². The highest BCUT2D eigenvalue weighted by atomic mass is 32.2. The summed E-state index contributed by atoms with van der Waals surface area (Å²) in [5, 5.41) is 9.15. The second-order valence-corrected chi connectivity index (χ2v) is 11.0. The lowest BCUT2D eigenvalue weighted by molar-refractivity contribution is 0.509. The fraction of sp³-hybridized carbons (Fsp3) is 0.500. The average Bonchev–Trinajstić information content (AvgIpc) is 3.17. The van der Waals surface area contributed by atoms with Crippen molar-refractivity contribution < 1.29 is 0 Å². The molecule has 132 valence electrons. The van der Waals surface area contributed by atoms with Gasteiger partial charge in [0.25, 0.3) is 5.56 Å². The standard InChI is InChI=1S/C16H18N4OS4/c1-7-4-5-9-10(6-7)24-14-11(9)13(21)17-12(18-14)8(2)23-16-20-19-15(22-3)25-16/h7-8H,4-6H2,1-3H3,(H,17,18,21)/t7-,8-/m0/s1. The third-order valence-corrected chi connectivity index (χ3v) is 8.65. The Kier molecular flexibility index (Phi) is 4.91. The Morgan fingerprint density at radius 2 is 2.08 bits per heavy atom. The van der Waals surface area contributed by atoms with Crippen LogP contribution in [-0.2, 0) is 12.8 Å². The molecular formula is C16H18N4OS4. The molecule has 1 aliphatic carbocycles. The van der Waals surface area contributed by atoms with Gasteiger partial charge in [-0.3, -0.25) is 4.79 Å². The Bertz CT molecular complexity index is 976. The van der Waals surface area contributed by atoms with Crippen LogP contribution >= 0.6 is 46.2 Å². The van der Waals surface area contributed by atoms with E-state index in [2.05, 4.69) is 22.1 Å². The molecule has 4 rings (SSSR count). The zero-order valence-electron chi connectivity index (χ0n) is 14.2. The maximum Gasteiger partial charge on any atom is 0.259 e. The highest BCUT2D eigenvalue weighted by Crippen LogP contribution is 2.39. The minimum atomic E-state index is 0.00145. The van der Waals surface area contributed by atoms with Crippen LogP contribution in [0.5, 0.6) is 0 Å². The molecule has 0 spiro atoms. The number of aromatic nitrogens is 4. The number of thioether (sulfide) groups is 2. The maximum atomic E-state index is 12.7. The monoisotopic (exact) mass is 410 g/mol. The Morgan fingerprint density at radius 3 is 2.84 bits per heavy atom. The van der Waals surface area contributed by atoms with Crippen LogP contribution in [0.15, 0.2) is 13.5 Å². The number of hydrogen-bond donors (Lipinski definition) is 1. The number of rotatable bonds is 4. The lowest BCUT2D eigenvalue weighted by atomic mass is 9.89. The molecule has 0 amide bonds. The molecule has 1 N–H and O–H groups in total. The normalized spacial score (nSPS) is 18.4. The van der Waals surface area contributed by atoms with E-state index in [1.54, 1.807) is 46.2 Å². The predicted octanol–water partition coefficient (Wildman–Crippen LogP) is 4.54. The van der Waals surface area contributed by atoms with Crippen molar-refractivity contribution >= 4 is 56.4 Å². The summed E-state index contributed by atoms with van der Waals surface area (Å²) in [6.07, 6.45) is 5.21. The largest absolute Gasteiger partial charge is 0.309 e. The van der Waals surface area contributed by atoms with E-state index in [0.717, 1.165) is 44.0 Å². The molecule has 9 heteroatoms. The molecule has 0 saturated heterocycles. The van der Waals surface area contributed by atoms with Gasteiger partial charge in [0, 0.05) is 4.88 Å². The molecule has 3 aromatic rings. The second-order valence-electron chi connectivity index (χ2n) is 6.28. The summed E-state index contributed by atoms with van der Waals surface area (Å²) in [6, 6.07) is 0. The first kappa shape index (κ1) is 17.5. The summed E-state index contributed by atoms with van der Waals surface area (Å²) in [6.45, 7) is 4.32. The SMILES string of the molecule is CSc1nnc(S[C@@H](C)c2nc3sc4c(c3c(=O)[nH]2)CC[C@H](C)C4)s1. The molecule has 2 atom stereocenters. The van der Waals surface area contributed by atoms with Crippen molar-refractivity contribution in [2.24, 2.45) is 5.92 Å².